The summed E-state index contributed by atoms with van der Waals surface area (Å²) in [5.74, 6) is -0.230. The van der Waals surface area contributed by atoms with Gasteiger partial charge in [-0.1, -0.05) is 32.9 Å². The topological polar surface area (TPSA) is 29.9 Å². The first-order valence-electron chi connectivity index (χ1n) is 7.57. The normalized spacial score (nSPS) is 20.3. The molecule has 3 rings (SSSR count). The largest absolute Gasteiger partial charge is 0.310 e. The minimum Gasteiger partial charge on any atom is -0.310 e. The molecule has 0 aliphatic heterocycles. The van der Waals surface area contributed by atoms with Crippen LogP contribution in [0.2, 0.25) is 0 Å². The van der Waals surface area contributed by atoms with E-state index in [9.17, 15) is 4.39 Å². The van der Waals surface area contributed by atoms with Crippen molar-refractivity contribution in [2.24, 2.45) is 5.41 Å². The maximum atomic E-state index is 14.1. The van der Waals surface area contributed by atoms with Gasteiger partial charge in [0.15, 0.2) is 0 Å². The van der Waals surface area contributed by atoms with E-state index in [2.05, 4.69) is 31.2 Å². The highest BCUT2D eigenvalue weighted by Crippen LogP contribution is 2.41. The third kappa shape index (κ3) is 2.60. The maximum absolute atomic E-state index is 14.1. The van der Waals surface area contributed by atoms with Gasteiger partial charge in [0, 0.05) is 17.3 Å². The summed E-state index contributed by atoms with van der Waals surface area (Å²) in [6, 6.07) is 7.13. The van der Waals surface area contributed by atoms with Gasteiger partial charge in [-0.15, -0.1) is 0 Å². The van der Waals surface area contributed by atoms with Crippen molar-refractivity contribution in [3.63, 3.8) is 0 Å². The monoisotopic (exact) mass is 287 g/mol. The van der Waals surface area contributed by atoms with Gasteiger partial charge < -0.3 is 5.32 Å². The molecule has 1 atom stereocenters. The molecular weight excluding hydrogens is 265 g/mol. The van der Waals surface area contributed by atoms with E-state index in [1.54, 1.807) is 16.8 Å². The molecule has 0 bridgehead atoms. The minimum atomic E-state index is -0.230. The summed E-state index contributed by atoms with van der Waals surface area (Å²) in [6.45, 7) is 7.56. The summed E-state index contributed by atoms with van der Waals surface area (Å²) in [7, 11) is 0. The lowest BCUT2D eigenvalue weighted by Crippen LogP contribution is -2.33. The highest BCUT2D eigenvalue weighted by atomic mass is 19.1. The van der Waals surface area contributed by atoms with E-state index in [1.807, 2.05) is 12.3 Å². The van der Waals surface area contributed by atoms with Gasteiger partial charge >= 0.3 is 0 Å². The zero-order chi connectivity index (χ0) is 15.0. The number of benzene rings is 1. The number of fused-ring (bicyclic) bond motifs is 1. The number of hydrogen-bond acceptors (Lipinski definition) is 2. The summed E-state index contributed by atoms with van der Waals surface area (Å²) in [5, 5.41) is 7.99. The molecule has 21 heavy (non-hydrogen) atoms. The van der Waals surface area contributed by atoms with Gasteiger partial charge in [0.2, 0.25) is 0 Å². The van der Waals surface area contributed by atoms with Gasteiger partial charge in [-0.2, -0.15) is 5.10 Å². The average Bonchev–Trinajstić information content (AvgIpc) is 2.82. The first kappa shape index (κ1) is 14.3. The van der Waals surface area contributed by atoms with Crippen LogP contribution in [0.3, 0.4) is 0 Å². The third-order valence-electron chi connectivity index (χ3n) is 4.21. The standard InChI is InChI=1S/C17H22FN3/c1-4-19-14-9-17(2,3)10-16-12(14)11-20-21(16)15-8-6-5-7-13(15)18/h5-8,11,14,19H,4,9-10H2,1-3H3. The Morgan fingerprint density at radius 2 is 2.14 bits per heavy atom. The van der Waals surface area contributed by atoms with Gasteiger partial charge in [0.1, 0.15) is 11.5 Å². The molecule has 0 fully saturated rings. The summed E-state index contributed by atoms with van der Waals surface area (Å²) >= 11 is 0. The van der Waals surface area contributed by atoms with Crippen molar-refractivity contribution in [1.82, 2.24) is 15.1 Å². The Morgan fingerprint density at radius 3 is 2.86 bits per heavy atom. The summed E-state index contributed by atoms with van der Waals surface area (Å²) < 4.78 is 15.9. The fraction of sp³-hybridized carbons (Fsp3) is 0.471. The van der Waals surface area contributed by atoms with Crippen molar-refractivity contribution in [1.29, 1.82) is 0 Å². The zero-order valence-electron chi connectivity index (χ0n) is 12.9. The van der Waals surface area contributed by atoms with Crippen LogP contribution in [0.5, 0.6) is 0 Å². The molecule has 1 aromatic heterocycles. The Labute approximate surface area is 125 Å². The number of nitrogens with one attached hydrogen (secondary N) is 1. The molecular formula is C17H22FN3. The Hall–Kier alpha value is -1.68. The second-order valence-electron chi connectivity index (χ2n) is 6.57. The first-order valence-corrected chi connectivity index (χ1v) is 7.57. The highest BCUT2D eigenvalue weighted by molar-refractivity contribution is 5.39. The number of halogens is 1. The molecule has 0 saturated carbocycles. The average molecular weight is 287 g/mol. The lowest BCUT2D eigenvalue weighted by molar-refractivity contribution is 0.255. The fourth-order valence-electron chi connectivity index (χ4n) is 3.30. The van der Waals surface area contributed by atoms with E-state index < -0.39 is 0 Å². The minimum absolute atomic E-state index is 0.183. The van der Waals surface area contributed by atoms with Crippen LogP contribution in [-0.2, 0) is 6.42 Å². The third-order valence-corrected chi connectivity index (χ3v) is 4.21. The lowest BCUT2D eigenvalue weighted by Gasteiger charge is -2.36. The van der Waals surface area contributed by atoms with E-state index in [-0.39, 0.29) is 11.2 Å². The van der Waals surface area contributed by atoms with Crippen molar-refractivity contribution in [2.75, 3.05) is 6.54 Å². The van der Waals surface area contributed by atoms with Crippen molar-refractivity contribution in [3.05, 3.63) is 47.5 Å². The maximum Gasteiger partial charge on any atom is 0.148 e. The van der Waals surface area contributed by atoms with Crippen LogP contribution >= 0.6 is 0 Å². The van der Waals surface area contributed by atoms with Crippen LogP contribution in [0.1, 0.15) is 44.5 Å². The molecule has 1 N–H and O–H groups in total. The molecule has 0 spiro atoms. The van der Waals surface area contributed by atoms with Crippen molar-refractivity contribution in [2.45, 2.75) is 39.7 Å². The Kier molecular flexibility index (Phi) is 3.57. The van der Waals surface area contributed by atoms with Gasteiger partial charge in [-0.3, -0.25) is 0 Å². The predicted octanol–water partition coefficient (Wildman–Crippen LogP) is 3.63. The van der Waals surface area contributed by atoms with E-state index in [1.165, 1.54) is 11.6 Å². The first-order chi connectivity index (χ1) is 10.0. The Morgan fingerprint density at radius 1 is 1.38 bits per heavy atom. The summed E-state index contributed by atoms with van der Waals surface area (Å²) in [6.07, 6.45) is 3.89. The van der Waals surface area contributed by atoms with Crippen LogP contribution < -0.4 is 5.32 Å². The molecule has 0 radical (unpaired) electrons. The molecule has 1 aliphatic carbocycles. The molecule has 1 unspecified atom stereocenters. The molecule has 4 heteroatoms. The van der Waals surface area contributed by atoms with E-state index >= 15 is 0 Å². The van der Waals surface area contributed by atoms with Gasteiger partial charge in [0.05, 0.1) is 6.20 Å². The van der Waals surface area contributed by atoms with Crippen molar-refractivity contribution >= 4 is 0 Å². The number of aromatic nitrogens is 2. The van der Waals surface area contributed by atoms with Gasteiger partial charge in [-0.25, -0.2) is 9.07 Å². The van der Waals surface area contributed by atoms with Gasteiger partial charge in [0.25, 0.3) is 0 Å². The molecule has 112 valence electrons. The number of nitrogens with zero attached hydrogens (tertiary/aromatic N) is 2. The van der Waals surface area contributed by atoms with Crippen molar-refractivity contribution in [3.8, 4) is 5.69 Å². The SMILES string of the molecule is CCNC1CC(C)(C)Cc2c1cnn2-c1ccccc1F. The smallest absolute Gasteiger partial charge is 0.148 e. The van der Waals surface area contributed by atoms with Gasteiger partial charge in [-0.05, 0) is 36.9 Å². The van der Waals surface area contributed by atoms with E-state index in [4.69, 9.17) is 0 Å². The van der Waals surface area contributed by atoms with E-state index in [0.717, 1.165) is 25.1 Å². The van der Waals surface area contributed by atoms with Crippen LogP contribution in [0.25, 0.3) is 5.69 Å². The lowest BCUT2D eigenvalue weighted by atomic mass is 9.74. The molecule has 1 aliphatic rings. The number of para-hydroxylation sites is 1. The number of hydrogen-bond donors (Lipinski definition) is 1. The Bertz CT molecular complexity index is 645. The molecule has 1 aromatic carbocycles. The number of rotatable bonds is 3. The molecule has 0 saturated heterocycles. The zero-order valence-corrected chi connectivity index (χ0v) is 12.9. The fourth-order valence-corrected chi connectivity index (χ4v) is 3.30. The van der Waals surface area contributed by atoms with Crippen molar-refractivity contribution < 1.29 is 4.39 Å². The molecule has 1 heterocycles. The predicted molar refractivity (Wildman–Crippen MR) is 82.0 cm³/mol. The highest BCUT2D eigenvalue weighted by Gasteiger charge is 2.35. The quantitative estimate of drug-likeness (QED) is 0.934. The molecule has 2 aromatic rings. The second kappa shape index (κ2) is 5.26. The van der Waals surface area contributed by atoms with Crippen LogP contribution in [0.4, 0.5) is 4.39 Å². The Balaban J connectivity index is 2.09. The summed E-state index contributed by atoms with van der Waals surface area (Å²) in [5.41, 5.74) is 3.05. The van der Waals surface area contributed by atoms with Crippen LogP contribution in [0.15, 0.2) is 30.5 Å². The molecule has 3 nitrogen and oxygen atoms in total. The van der Waals surface area contributed by atoms with Crippen LogP contribution in [-0.4, -0.2) is 16.3 Å². The second-order valence-corrected chi connectivity index (χ2v) is 6.57. The summed E-state index contributed by atoms with van der Waals surface area (Å²) in [4.78, 5) is 0. The van der Waals surface area contributed by atoms with Crippen LogP contribution in [0, 0.1) is 11.2 Å². The molecule has 0 amide bonds. The van der Waals surface area contributed by atoms with E-state index in [0.29, 0.717) is 11.7 Å².